The topological polar surface area (TPSA) is 59.5 Å². The highest BCUT2D eigenvalue weighted by atomic mass is 79.9. The lowest BCUT2D eigenvalue weighted by molar-refractivity contribution is 0.152. The summed E-state index contributed by atoms with van der Waals surface area (Å²) in [5, 5.41) is 0.830. The van der Waals surface area contributed by atoms with Gasteiger partial charge < -0.3 is 0 Å². The van der Waals surface area contributed by atoms with Crippen LogP contribution in [-0.4, -0.2) is 20.0 Å². The van der Waals surface area contributed by atoms with E-state index >= 15 is 0 Å². The lowest BCUT2D eigenvalue weighted by Crippen LogP contribution is -2.32. The molecular formula is C23H19BrN2O3S. The molecule has 30 heavy (non-hydrogen) atoms. The Bertz CT molecular complexity index is 1260. The zero-order chi connectivity index (χ0) is 21.0. The third-order valence-corrected chi connectivity index (χ3v) is 6.64. The minimum absolute atomic E-state index is 0.129. The summed E-state index contributed by atoms with van der Waals surface area (Å²) < 4.78 is 28.5. The van der Waals surface area contributed by atoms with Crippen molar-refractivity contribution in [3.05, 3.63) is 101 Å². The molecule has 0 N–H and O–H groups in total. The summed E-state index contributed by atoms with van der Waals surface area (Å²) >= 11 is 3.34. The van der Waals surface area contributed by atoms with E-state index in [2.05, 4.69) is 20.9 Å². The zero-order valence-corrected chi connectivity index (χ0v) is 18.4. The summed E-state index contributed by atoms with van der Waals surface area (Å²) in [5.74, 6) is 0. The van der Waals surface area contributed by atoms with E-state index in [1.165, 1.54) is 6.20 Å². The number of sulfonamides is 1. The lowest BCUT2D eigenvalue weighted by atomic mass is 10.2. The first-order chi connectivity index (χ1) is 14.5. The van der Waals surface area contributed by atoms with Gasteiger partial charge in [0.25, 0.3) is 10.0 Å². The van der Waals surface area contributed by atoms with Crippen LogP contribution in [0.15, 0.2) is 100 Å². The lowest BCUT2D eigenvalue weighted by Gasteiger charge is -2.23. The van der Waals surface area contributed by atoms with Crippen LogP contribution in [0, 0.1) is 0 Å². The highest BCUT2D eigenvalue weighted by molar-refractivity contribution is 9.10. The van der Waals surface area contributed by atoms with Crippen molar-refractivity contribution in [2.75, 3.05) is 11.1 Å². The third-order valence-electron chi connectivity index (χ3n) is 4.54. The van der Waals surface area contributed by atoms with Crippen molar-refractivity contribution >= 4 is 42.5 Å². The molecule has 0 fully saturated rings. The van der Waals surface area contributed by atoms with Gasteiger partial charge in [-0.05, 0) is 42.3 Å². The van der Waals surface area contributed by atoms with E-state index in [0.29, 0.717) is 16.6 Å². The van der Waals surface area contributed by atoms with E-state index in [1.54, 1.807) is 30.3 Å². The number of pyridine rings is 1. The summed E-state index contributed by atoms with van der Waals surface area (Å²) in [5.41, 5.74) is 2.20. The van der Waals surface area contributed by atoms with Crippen LogP contribution in [0.1, 0.15) is 5.56 Å². The molecule has 1 aromatic heterocycles. The standard InChI is InChI=1S/C23H19BrN2O3S/c24-20-10-6-11-22(16-20)30(27,28)26(29-14-13-18-7-2-1-3-8-18)21-15-19-9-4-5-12-23(19)25-17-21/h1-12,15-17H,13-14H2. The predicted molar refractivity (Wildman–Crippen MR) is 122 cm³/mol. The van der Waals surface area contributed by atoms with Gasteiger partial charge in [0.2, 0.25) is 0 Å². The van der Waals surface area contributed by atoms with Gasteiger partial charge in [0.1, 0.15) is 5.69 Å². The van der Waals surface area contributed by atoms with Gasteiger partial charge in [-0.1, -0.05) is 70.5 Å². The Morgan fingerprint density at radius 2 is 1.67 bits per heavy atom. The molecule has 0 aliphatic rings. The van der Waals surface area contributed by atoms with Crippen LogP contribution in [-0.2, 0) is 21.3 Å². The third kappa shape index (κ3) is 4.53. The highest BCUT2D eigenvalue weighted by Gasteiger charge is 2.27. The molecule has 0 saturated carbocycles. The second-order valence-electron chi connectivity index (χ2n) is 6.64. The smallest absolute Gasteiger partial charge is 0.258 e. The van der Waals surface area contributed by atoms with Crippen LogP contribution < -0.4 is 4.47 Å². The number of hydrogen-bond donors (Lipinski definition) is 0. The van der Waals surface area contributed by atoms with Crippen LogP contribution >= 0.6 is 15.9 Å². The van der Waals surface area contributed by atoms with Gasteiger partial charge in [0.05, 0.1) is 23.2 Å². The first-order valence-corrected chi connectivity index (χ1v) is 11.6. The average molecular weight is 483 g/mol. The Morgan fingerprint density at radius 1 is 0.900 bits per heavy atom. The Balaban J connectivity index is 1.69. The molecule has 0 aliphatic heterocycles. The van der Waals surface area contributed by atoms with E-state index in [9.17, 15) is 8.42 Å². The molecule has 5 nitrogen and oxygen atoms in total. The van der Waals surface area contributed by atoms with E-state index in [-0.39, 0.29) is 11.5 Å². The number of aromatic nitrogens is 1. The molecule has 0 radical (unpaired) electrons. The van der Waals surface area contributed by atoms with E-state index in [0.717, 1.165) is 20.9 Å². The van der Waals surface area contributed by atoms with Crippen LogP contribution in [0.25, 0.3) is 10.9 Å². The average Bonchev–Trinajstić information content (AvgIpc) is 2.77. The van der Waals surface area contributed by atoms with Crippen molar-refractivity contribution in [2.24, 2.45) is 0 Å². The van der Waals surface area contributed by atoms with Crippen LogP contribution in [0.2, 0.25) is 0 Å². The Kier molecular flexibility index (Phi) is 6.13. The first kappa shape index (κ1) is 20.5. The van der Waals surface area contributed by atoms with Crippen LogP contribution in [0.4, 0.5) is 5.69 Å². The van der Waals surface area contributed by atoms with Crippen molar-refractivity contribution in [1.82, 2.24) is 4.98 Å². The Morgan fingerprint density at radius 3 is 2.47 bits per heavy atom. The maximum absolute atomic E-state index is 13.4. The fourth-order valence-corrected chi connectivity index (χ4v) is 4.92. The molecule has 0 unspecified atom stereocenters. The molecule has 0 aliphatic carbocycles. The molecule has 152 valence electrons. The molecule has 0 saturated heterocycles. The molecule has 1 heterocycles. The molecule has 0 amide bonds. The molecule has 0 bridgehead atoms. The zero-order valence-electron chi connectivity index (χ0n) is 16.0. The fourth-order valence-electron chi connectivity index (χ4n) is 3.06. The molecule has 0 spiro atoms. The molecule has 3 aromatic carbocycles. The molecule has 7 heteroatoms. The minimum Gasteiger partial charge on any atom is -0.258 e. The molecular weight excluding hydrogens is 464 g/mol. The summed E-state index contributed by atoms with van der Waals surface area (Å²) in [6.45, 7) is 0.198. The highest BCUT2D eigenvalue weighted by Crippen LogP contribution is 2.27. The van der Waals surface area contributed by atoms with Crippen molar-refractivity contribution in [2.45, 2.75) is 11.3 Å². The second-order valence-corrected chi connectivity index (χ2v) is 9.31. The minimum atomic E-state index is -3.96. The first-order valence-electron chi connectivity index (χ1n) is 9.36. The van der Waals surface area contributed by atoms with Crippen molar-refractivity contribution in [3.63, 3.8) is 0 Å². The van der Waals surface area contributed by atoms with E-state index in [4.69, 9.17) is 4.84 Å². The largest absolute Gasteiger partial charge is 0.286 e. The number of para-hydroxylation sites is 1. The normalized spacial score (nSPS) is 11.5. The van der Waals surface area contributed by atoms with Crippen molar-refractivity contribution < 1.29 is 13.3 Å². The molecule has 4 rings (SSSR count). The summed E-state index contributed by atoms with van der Waals surface area (Å²) in [4.78, 5) is 10.4. The summed E-state index contributed by atoms with van der Waals surface area (Å²) in [7, 11) is -3.96. The second kappa shape index (κ2) is 8.95. The number of anilines is 1. The van der Waals surface area contributed by atoms with Gasteiger partial charge in [-0.25, -0.2) is 0 Å². The van der Waals surface area contributed by atoms with Crippen LogP contribution in [0.5, 0.6) is 0 Å². The quantitative estimate of drug-likeness (QED) is 0.332. The Labute approximate surface area is 184 Å². The van der Waals surface area contributed by atoms with Gasteiger partial charge in [-0.2, -0.15) is 8.42 Å². The van der Waals surface area contributed by atoms with Gasteiger partial charge in [-0.15, -0.1) is 4.47 Å². The monoisotopic (exact) mass is 482 g/mol. The van der Waals surface area contributed by atoms with E-state index < -0.39 is 10.0 Å². The van der Waals surface area contributed by atoms with Crippen LogP contribution in [0.3, 0.4) is 0 Å². The maximum atomic E-state index is 13.4. The maximum Gasteiger partial charge on any atom is 0.286 e. The summed E-state index contributed by atoms with van der Waals surface area (Å²) in [6.07, 6.45) is 2.09. The van der Waals surface area contributed by atoms with Crippen molar-refractivity contribution in [3.8, 4) is 0 Å². The summed E-state index contributed by atoms with van der Waals surface area (Å²) in [6, 6.07) is 25.6. The molecule has 0 atom stereocenters. The van der Waals surface area contributed by atoms with Crippen molar-refractivity contribution in [1.29, 1.82) is 0 Å². The number of rotatable bonds is 7. The van der Waals surface area contributed by atoms with Gasteiger partial charge in [0, 0.05) is 9.86 Å². The fraction of sp³-hybridized carbons (Fsp3) is 0.0870. The molecule has 4 aromatic rings. The van der Waals surface area contributed by atoms with Gasteiger partial charge >= 0.3 is 0 Å². The number of halogens is 1. The Hall–Kier alpha value is -2.74. The predicted octanol–water partition coefficient (Wildman–Crippen LogP) is 5.37. The van der Waals surface area contributed by atoms with Gasteiger partial charge in [-0.3, -0.25) is 9.82 Å². The SMILES string of the molecule is O=S(=O)(c1cccc(Br)c1)N(OCCc1ccccc1)c1cnc2ccccc2c1. The number of nitrogens with zero attached hydrogens (tertiary/aromatic N) is 2. The van der Waals surface area contributed by atoms with E-state index in [1.807, 2.05) is 54.6 Å². The number of benzene rings is 3. The van der Waals surface area contributed by atoms with Gasteiger partial charge in [0.15, 0.2) is 0 Å². The number of fused-ring (bicyclic) bond motifs is 1. The number of hydrogen-bond acceptors (Lipinski definition) is 4.